The summed E-state index contributed by atoms with van der Waals surface area (Å²) in [5.74, 6) is 0.186. The van der Waals surface area contributed by atoms with Crippen molar-refractivity contribution in [3.8, 4) is 5.75 Å². The summed E-state index contributed by atoms with van der Waals surface area (Å²) in [6, 6.07) is 11.2. The van der Waals surface area contributed by atoms with Gasteiger partial charge in [0.2, 0.25) is 0 Å². The third kappa shape index (κ3) is 7.15. The Morgan fingerprint density at radius 1 is 0.923 bits per heavy atom. The number of rotatable bonds is 4. The second-order valence-corrected chi connectivity index (χ2v) is 23.3. The van der Waals surface area contributed by atoms with Crippen molar-refractivity contribution in [2.45, 2.75) is 39.3 Å². The average molecular weight is 527 g/mol. The molecule has 0 radical (unpaired) electrons. The van der Waals surface area contributed by atoms with Gasteiger partial charge in [-0.25, -0.2) is 4.39 Å². The van der Waals surface area contributed by atoms with Gasteiger partial charge in [0.05, 0.1) is 16.1 Å². The van der Waals surface area contributed by atoms with Crippen LogP contribution in [0.5, 0.6) is 5.75 Å². The molecule has 0 aromatic heterocycles. The number of aromatic hydroxyl groups is 1. The molecule has 0 saturated heterocycles. The van der Waals surface area contributed by atoms with E-state index in [0.717, 1.165) is 10.5 Å². The van der Waals surface area contributed by atoms with Crippen LogP contribution in [0.25, 0.3) is 0 Å². The number of phenolic OH excluding ortho intramolecular Hbond substituents is 1. The van der Waals surface area contributed by atoms with Crippen molar-refractivity contribution < 1.29 is 30.3 Å². The Balaban J connectivity index is 0.00000105. The van der Waals surface area contributed by atoms with Crippen LogP contribution in [-0.2, 0) is 20.8 Å². The molecule has 2 aromatic carbocycles. The van der Waals surface area contributed by atoms with Gasteiger partial charge in [-0.3, -0.25) is 0 Å². The third-order valence-electron chi connectivity index (χ3n) is 3.93. The molecule has 0 aliphatic heterocycles. The van der Waals surface area contributed by atoms with E-state index in [9.17, 15) is 9.50 Å². The molecule has 0 saturated carbocycles. The summed E-state index contributed by atoms with van der Waals surface area (Å²) >= 11 is -0.826. The van der Waals surface area contributed by atoms with Gasteiger partial charge in [0.1, 0.15) is 11.6 Å². The van der Waals surface area contributed by atoms with E-state index in [-0.39, 0.29) is 14.4 Å². The van der Waals surface area contributed by atoms with Crippen LogP contribution in [-0.4, -0.2) is 21.3 Å². The summed E-state index contributed by atoms with van der Waals surface area (Å²) in [5.41, 5.74) is 0. The summed E-state index contributed by atoms with van der Waals surface area (Å²) in [4.78, 5) is 0. The average Bonchev–Trinajstić information content (AvgIpc) is 2.50. The van der Waals surface area contributed by atoms with Crippen molar-refractivity contribution in [2.24, 2.45) is 0 Å². The van der Waals surface area contributed by atoms with E-state index in [1.54, 1.807) is 6.07 Å². The fraction of sp³-hybridized carbons (Fsp3) is 0.333. The number of hydrogen-bond acceptors (Lipinski definition) is 1. The monoisotopic (exact) mass is 524 g/mol. The van der Waals surface area contributed by atoms with Gasteiger partial charge in [0, 0.05) is 10.6 Å². The van der Waals surface area contributed by atoms with Crippen molar-refractivity contribution in [2.75, 3.05) is 0 Å². The number of halogens is 3. The first-order chi connectivity index (χ1) is 11.9. The molecule has 0 amide bonds. The summed E-state index contributed by atoms with van der Waals surface area (Å²) in [6.45, 7) is 13.7. The predicted octanol–water partition coefficient (Wildman–Crippen LogP) is 4.63. The summed E-state index contributed by atoms with van der Waals surface area (Å²) < 4.78 is 14.0. The summed E-state index contributed by atoms with van der Waals surface area (Å²) in [7, 11) is 6.84. The number of benzene rings is 2. The van der Waals surface area contributed by atoms with Crippen LogP contribution in [0.2, 0.25) is 39.3 Å². The number of phenols is 1. The SMILES string of the molecule is C[Si](C)(C)c1cc(Pc2ccccc2F)c(O)c([Si](C)(C)C)c1.[Cl][Zr][Cl]. The Kier molecular flexibility index (Phi) is 9.74. The standard InChI is InChI=1S/C18H26FOPSi2.2ClH.Zr/c1-22(2,3)13-11-16(18(20)17(12-13)23(4,5)6)21-15-10-8-7-9-14(15)19;;;/h7-12,20-21H,1-6H3;2*1H;/q;;;+2/p-2. The van der Waals surface area contributed by atoms with Gasteiger partial charge in [0.15, 0.2) is 0 Å². The molecule has 26 heavy (non-hydrogen) atoms. The molecule has 0 aliphatic carbocycles. The minimum atomic E-state index is -1.67. The second-order valence-electron chi connectivity index (χ2n) is 8.10. The minimum absolute atomic E-state index is 0.145. The molecular weight excluding hydrogens is 500 g/mol. The van der Waals surface area contributed by atoms with E-state index < -0.39 is 37.0 Å². The molecular formula is C18H26Cl2FOPSi2Zr. The fourth-order valence-electron chi connectivity index (χ4n) is 2.44. The van der Waals surface area contributed by atoms with Gasteiger partial charge in [-0.2, -0.15) is 0 Å². The van der Waals surface area contributed by atoms with Crippen molar-refractivity contribution in [3.63, 3.8) is 0 Å². The normalized spacial score (nSPS) is 12.0. The molecule has 1 N–H and O–H groups in total. The Bertz CT molecular complexity index is 749. The van der Waals surface area contributed by atoms with Gasteiger partial charge >= 0.3 is 37.9 Å². The van der Waals surface area contributed by atoms with Crippen molar-refractivity contribution in [1.29, 1.82) is 0 Å². The van der Waals surface area contributed by atoms with Crippen LogP contribution in [0.3, 0.4) is 0 Å². The molecule has 2 aromatic rings. The molecule has 142 valence electrons. The topological polar surface area (TPSA) is 20.2 Å². The van der Waals surface area contributed by atoms with Crippen molar-refractivity contribution >= 4 is 62.7 Å². The molecule has 0 fully saturated rings. The molecule has 0 bridgehead atoms. The number of hydrogen-bond donors (Lipinski definition) is 1. The maximum absolute atomic E-state index is 14.0. The van der Waals surface area contributed by atoms with Crippen molar-refractivity contribution in [3.05, 3.63) is 42.2 Å². The molecule has 0 aliphatic rings. The van der Waals surface area contributed by atoms with E-state index in [1.165, 1.54) is 11.3 Å². The van der Waals surface area contributed by atoms with Crippen LogP contribution in [0.1, 0.15) is 0 Å². The van der Waals surface area contributed by atoms with E-state index in [1.807, 2.05) is 12.1 Å². The van der Waals surface area contributed by atoms with Gasteiger partial charge in [-0.05, 0) is 11.3 Å². The first-order valence-corrected chi connectivity index (χ1v) is 22.6. The van der Waals surface area contributed by atoms with Crippen molar-refractivity contribution in [1.82, 2.24) is 0 Å². The van der Waals surface area contributed by atoms with Gasteiger partial charge in [-0.1, -0.05) is 83.4 Å². The van der Waals surface area contributed by atoms with Gasteiger partial charge < -0.3 is 5.11 Å². The first-order valence-electron chi connectivity index (χ1n) is 8.27. The van der Waals surface area contributed by atoms with E-state index in [0.29, 0.717) is 11.1 Å². The second kappa shape index (κ2) is 10.3. The molecule has 1 nitrogen and oxygen atoms in total. The zero-order valence-electron chi connectivity index (χ0n) is 16.0. The molecule has 8 heteroatoms. The maximum atomic E-state index is 14.0. The summed E-state index contributed by atoms with van der Waals surface area (Å²) in [5, 5.41) is 14.8. The Morgan fingerprint density at radius 2 is 1.46 bits per heavy atom. The molecule has 1 unspecified atom stereocenters. The van der Waals surface area contributed by atoms with Crippen LogP contribution < -0.4 is 21.0 Å². The zero-order chi connectivity index (χ0) is 20.1. The van der Waals surface area contributed by atoms with Crippen LogP contribution >= 0.6 is 25.6 Å². The zero-order valence-corrected chi connectivity index (χ0v) is 23.0. The van der Waals surface area contributed by atoms with Gasteiger partial charge in [0.25, 0.3) is 0 Å². The van der Waals surface area contributed by atoms with E-state index in [4.69, 9.17) is 17.0 Å². The predicted molar refractivity (Wildman–Crippen MR) is 120 cm³/mol. The third-order valence-corrected chi connectivity index (χ3v) is 9.27. The van der Waals surface area contributed by atoms with Gasteiger partial charge in [-0.15, -0.1) is 0 Å². The molecule has 2 rings (SSSR count). The quantitative estimate of drug-likeness (QED) is 0.455. The molecule has 1 atom stereocenters. The Labute approximate surface area is 179 Å². The Hall–Kier alpha value is 0.497. The van der Waals surface area contributed by atoms with Crippen LogP contribution in [0, 0.1) is 5.82 Å². The first kappa shape index (κ1) is 24.5. The van der Waals surface area contributed by atoms with Crippen LogP contribution in [0.4, 0.5) is 4.39 Å². The fourth-order valence-corrected chi connectivity index (χ4v) is 6.60. The van der Waals surface area contributed by atoms with Crippen LogP contribution in [0.15, 0.2) is 36.4 Å². The molecule has 0 heterocycles. The van der Waals surface area contributed by atoms with E-state index in [2.05, 4.69) is 51.4 Å². The Morgan fingerprint density at radius 3 is 1.92 bits per heavy atom. The van der Waals surface area contributed by atoms with E-state index >= 15 is 0 Å². The molecule has 0 spiro atoms. The summed E-state index contributed by atoms with van der Waals surface area (Å²) in [6.07, 6.45) is 0.